The zero-order valence-corrected chi connectivity index (χ0v) is 16.5. The fourth-order valence-corrected chi connectivity index (χ4v) is 3.94. The number of aryl methyl sites for hydroxylation is 1. The average Bonchev–Trinajstić information content (AvgIpc) is 2.89. The van der Waals surface area contributed by atoms with Gasteiger partial charge >= 0.3 is 5.97 Å². The highest BCUT2D eigenvalue weighted by Crippen LogP contribution is 2.32. The summed E-state index contributed by atoms with van der Waals surface area (Å²) in [5.41, 5.74) is 3.65. The number of hydrogen-bond acceptors (Lipinski definition) is 1. The smallest absolute Gasteiger partial charge is 0.327 e. The van der Waals surface area contributed by atoms with Gasteiger partial charge in [-0.1, -0.05) is 48.0 Å². The van der Waals surface area contributed by atoms with E-state index < -0.39 is 5.97 Å². The third-order valence-electron chi connectivity index (χ3n) is 4.31. The molecule has 0 amide bonds. The molecule has 3 nitrogen and oxygen atoms in total. The Kier molecular flexibility index (Phi) is 6.17. The number of allylic oxidation sites excluding steroid dienone is 1. The Morgan fingerprint density at radius 1 is 1.15 bits per heavy atom. The molecule has 134 valence electrons. The molecule has 1 heterocycles. The minimum atomic E-state index is -0.900. The molecule has 26 heavy (non-hydrogen) atoms. The molecule has 3 rings (SSSR count). The summed E-state index contributed by atoms with van der Waals surface area (Å²) in [6.45, 7) is 0.825. The molecular formula is C21H19BrClNO2. The number of para-hydroxylation sites is 1. The van der Waals surface area contributed by atoms with Crippen molar-refractivity contribution in [2.45, 2.75) is 25.8 Å². The van der Waals surface area contributed by atoms with Crippen LogP contribution in [0.5, 0.6) is 0 Å². The molecule has 0 spiro atoms. The summed E-state index contributed by atoms with van der Waals surface area (Å²) in [5, 5.41) is 10.6. The molecular weight excluding hydrogens is 414 g/mol. The maximum atomic E-state index is 10.6. The maximum Gasteiger partial charge on any atom is 0.327 e. The van der Waals surface area contributed by atoms with E-state index in [2.05, 4.69) is 50.8 Å². The van der Waals surface area contributed by atoms with E-state index in [1.807, 2.05) is 18.2 Å². The van der Waals surface area contributed by atoms with Crippen molar-refractivity contribution in [1.29, 1.82) is 0 Å². The molecule has 0 unspecified atom stereocenters. The molecule has 0 atom stereocenters. The van der Waals surface area contributed by atoms with E-state index in [1.54, 1.807) is 6.08 Å². The van der Waals surface area contributed by atoms with E-state index in [-0.39, 0.29) is 0 Å². The number of fused-ring (bicyclic) bond motifs is 1. The highest BCUT2D eigenvalue weighted by molar-refractivity contribution is 9.10. The number of carboxylic acid groups (broad SMARTS) is 1. The first-order valence-corrected chi connectivity index (χ1v) is 9.63. The zero-order valence-electron chi connectivity index (χ0n) is 14.2. The lowest BCUT2D eigenvalue weighted by molar-refractivity contribution is -0.131. The van der Waals surface area contributed by atoms with Gasteiger partial charge in [-0.05, 0) is 58.1 Å². The number of nitrogens with zero attached hydrogens (tertiary/aromatic N) is 1. The Morgan fingerprint density at radius 3 is 2.62 bits per heavy atom. The van der Waals surface area contributed by atoms with Gasteiger partial charge in [-0.15, -0.1) is 0 Å². The predicted molar refractivity (Wildman–Crippen MR) is 110 cm³/mol. The van der Waals surface area contributed by atoms with Gasteiger partial charge in [0.05, 0.1) is 4.60 Å². The lowest BCUT2D eigenvalue weighted by Gasteiger charge is -2.07. The molecule has 0 saturated carbocycles. The Balaban J connectivity index is 1.86. The van der Waals surface area contributed by atoms with Gasteiger partial charge in [0.1, 0.15) is 0 Å². The molecule has 0 fully saturated rings. The molecule has 2 aromatic carbocycles. The largest absolute Gasteiger partial charge is 0.478 e. The van der Waals surface area contributed by atoms with Crippen LogP contribution in [-0.4, -0.2) is 15.6 Å². The molecule has 0 saturated heterocycles. The number of rotatable bonds is 7. The maximum absolute atomic E-state index is 10.6. The number of benzene rings is 2. The summed E-state index contributed by atoms with van der Waals surface area (Å²) in [7, 11) is 0. The van der Waals surface area contributed by atoms with Crippen molar-refractivity contribution >= 4 is 44.4 Å². The van der Waals surface area contributed by atoms with Crippen molar-refractivity contribution in [3.05, 3.63) is 81.4 Å². The molecule has 5 heteroatoms. The Hall–Kier alpha value is -2.04. The molecule has 1 aromatic heterocycles. The van der Waals surface area contributed by atoms with Crippen LogP contribution in [0, 0.1) is 0 Å². The molecule has 3 aromatic rings. The highest BCUT2D eigenvalue weighted by atomic mass is 79.9. The van der Waals surface area contributed by atoms with Crippen LogP contribution in [0.25, 0.3) is 10.9 Å². The Labute approximate surface area is 166 Å². The fraction of sp³-hybridized carbons (Fsp3) is 0.190. The van der Waals surface area contributed by atoms with Crippen LogP contribution in [0.3, 0.4) is 0 Å². The fourth-order valence-electron chi connectivity index (χ4n) is 3.09. The number of hydrogen-bond donors (Lipinski definition) is 1. The molecule has 1 N–H and O–H groups in total. The van der Waals surface area contributed by atoms with Crippen molar-refractivity contribution in [2.75, 3.05) is 0 Å². The van der Waals surface area contributed by atoms with E-state index in [9.17, 15) is 4.79 Å². The first-order valence-electron chi connectivity index (χ1n) is 8.46. The lowest BCUT2D eigenvalue weighted by atomic mass is 10.0. The predicted octanol–water partition coefficient (Wildman–Crippen LogP) is 6.07. The van der Waals surface area contributed by atoms with Crippen LogP contribution < -0.4 is 0 Å². The minimum Gasteiger partial charge on any atom is -0.478 e. The molecule has 0 aliphatic carbocycles. The highest BCUT2D eigenvalue weighted by Gasteiger charge is 2.15. The van der Waals surface area contributed by atoms with E-state index in [0.717, 1.165) is 35.4 Å². The van der Waals surface area contributed by atoms with E-state index in [1.165, 1.54) is 28.1 Å². The normalized spacial score (nSPS) is 11.5. The minimum absolute atomic E-state index is 0.734. The summed E-state index contributed by atoms with van der Waals surface area (Å²) in [6.07, 6.45) is 5.34. The van der Waals surface area contributed by atoms with Crippen molar-refractivity contribution in [2.24, 2.45) is 0 Å². The van der Waals surface area contributed by atoms with Crippen LogP contribution in [0.2, 0.25) is 5.02 Å². The summed E-state index contributed by atoms with van der Waals surface area (Å²) in [5.74, 6) is -0.900. The number of aliphatic carboxylic acids is 1. The number of aromatic nitrogens is 1. The zero-order chi connectivity index (χ0) is 18.5. The standard InChI is InChI=1S/C21H19BrClNO2/c22-21-18(14-15-9-11-16(23)12-10-15)17-6-3-4-7-19(17)24(21)13-5-1-2-8-20(25)26/h2-4,6-12H,1,5,13-14H2,(H,25,26). The van der Waals surface area contributed by atoms with Crippen molar-refractivity contribution in [3.8, 4) is 0 Å². The molecule has 0 bridgehead atoms. The van der Waals surface area contributed by atoms with Crippen molar-refractivity contribution < 1.29 is 9.90 Å². The summed E-state index contributed by atoms with van der Waals surface area (Å²) < 4.78 is 3.34. The van der Waals surface area contributed by atoms with Crippen LogP contribution in [0.4, 0.5) is 0 Å². The van der Waals surface area contributed by atoms with Crippen LogP contribution in [0.1, 0.15) is 24.0 Å². The SMILES string of the molecule is O=C(O)C=CCCCn1c(Br)c(Cc2ccc(Cl)cc2)c2ccccc21. The second kappa shape index (κ2) is 8.56. The summed E-state index contributed by atoms with van der Waals surface area (Å²) in [4.78, 5) is 10.6. The topological polar surface area (TPSA) is 42.2 Å². The Morgan fingerprint density at radius 2 is 1.88 bits per heavy atom. The number of carbonyl (C=O) groups is 1. The van der Waals surface area contributed by atoms with Gasteiger partial charge in [0, 0.05) is 35.0 Å². The van der Waals surface area contributed by atoms with Crippen molar-refractivity contribution in [1.82, 2.24) is 4.57 Å². The summed E-state index contributed by atoms with van der Waals surface area (Å²) in [6, 6.07) is 16.3. The number of halogens is 2. The van der Waals surface area contributed by atoms with Crippen molar-refractivity contribution in [3.63, 3.8) is 0 Å². The Bertz CT molecular complexity index is 945. The quantitative estimate of drug-likeness (QED) is 0.364. The molecule has 0 aliphatic heterocycles. The summed E-state index contributed by atoms with van der Waals surface area (Å²) >= 11 is 9.78. The monoisotopic (exact) mass is 431 g/mol. The third kappa shape index (κ3) is 4.37. The number of unbranched alkanes of at least 4 members (excludes halogenated alkanes) is 1. The van der Waals surface area contributed by atoms with Gasteiger partial charge in [-0.3, -0.25) is 0 Å². The second-order valence-electron chi connectivity index (χ2n) is 6.12. The number of carboxylic acids is 1. The van der Waals surface area contributed by atoms with E-state index >= 15 is 0 Å². The molecule has 0 aliphatic rings. The van der Waals surface area contributed by atoms with Gasteiger partial charge < -0.3 is 9.67 Å². The molecule has 0 radical (unpaired) electrons. The first-order chi connectivity index (χ1) is 12.6. The average molecular weight is 433 g/mol. The van der Waals surface area contributed by atoms with Crippen LogP contribution >= 0.6 is 27.5 Å². The van der Waals surface area contributed by atoms with Gasteiger partial charge in [0.15, 0.2) is 0 Å². The van der Waals surface area contributed by atoms with Crippen LogP contribution in [-0.2, 0) is 17.8 Å². The van der Waals surface area contributed by atoms with E-state index in [0.29, 0.717) is 0 Å². The van der Waals surface area contributed by atoms with Gasteiger partial charge in [-0.25, -0.2) is 4.79 Å². The van der Waals surface area contributed by atoms with Gasteiger partial charge in [-0.2, -0.15) is 0 Å². The first kappa shape index (κ1) is 18.7. The lowest BCUT2D eigenvalue weighted by Crippen LogP contribution is -1.98. The second-order valence-corrected chi connectivity index (χ2v) is 7.31. The van der Waals surface area contributed by atoms with Gasteiger partial charge in [0.2, 0.25) is 0 Å². The third-order valence-corrected chi connectivity index (χ3v) is 5.47. The van der Waals surface area contributed by atoms with Gasteiger partial charge in [0.25, 0.3) is 0 Å². The van der Waals surface area contributed by atoms with E-state index in [4.69, 9.17) is 16.7 Å². The van der Waals surface area contributed by atoms with Crippen LogP contribution in [0.15, 0.2) is 65.3 Å².